The van der Waals surface area contributed by atoms with E-state index in [-0.39, 0.29) is 36.1 Å². The maximum Gasteiger partial charge on any atom is 0.275 e. The Morgan fingerprint density at radius 2 is 1.83 bits per heavy atom. The number of carbonyl (C=O) groups excluding carboxylic acids is 1. The van der Waals surface area contributed by atoms with E-state index in [9.17, 15) is 18.0 Å². The predicted molar refractivity (Wildman–Crippen MR) is 113 cm³/mol. The number of hydrogen-bond donors (Lipinski definition) is 4. The molecule has 5 N–H and O–H groups in total. The quantitative estimate of drug-likeness (QED) is 0.311. The fourth-order valence-electron chi connectivity index (χ4n) is 2.45. The second-order valence-electron chi connectivity index (χ2n) is 6.52. The third kappa shape index (κ3) is 6.36. The average Bonchev–Trinajstić information content (AvgIpc) is 2.67. The summed E-state index contributed by atoms with van der Waals surface area (Å²) in [4.78, 5) is 29.8. The fourth-order valence-corrected chi connectivity index (χ4v) is 3.51. The Morgan fingerprint density at radius 1 is 1.17 bits per heavy atom. The Bertz CT molecular complexity index is 1080. The van der Waals surface area contributed by atoms with Gasteiger partial charge in [-0.25, -0.2) is 8.42 Å². The Labute approximate surface area is 174 Å². The highest BCUT2D eigenvalue weighted by Gasteiger charge is 2.18. The van der Waals surface area contributed by atoms with Crippen molar-refractivity contribution < 1.29 is 18.0 Å². The molecule has 1 heterocycles. The topological polar surface area (TPSA) is 145 Å². The third-order valence-corrected chi connectivity index (χ3v) is 5.38. The highest BCUT2D eigenvalue weighted by atomic mass is 32.2. The molecule has 0 fully saturated rings. The van der Waals surface area contributed by atoms with Crippen molar-refractivity contribution in [1.29, 1.82) is 0 Å². The van der Waals surface area contributed by atoms with Gasteiger partial charge >= 0.3 is 0 Å². The Hall–Kier alpha value is -3.31. The van der Waals surface area contributed by atoms with Crippen LogP contribution in [0, 0.1) is 13.8 Å². The van der Waals surface area contributed by atoms with Crippen LogP contribution in [0.5, 0.6) is 0 Å². The molecule has 1 aromatic heterocycles. The van der Waals surface area contributed by atoms with E-state index in [1.165, 1.54) is 22.8 Å². The molecule has 2 aromatic rings. The number of nitrogens with two attached hydrogens (primary N) is 1. The maximum absolute atomic E-state index is 12.7. The van der Waals surface area contributed by atoms with Gasteiger partial charge in [-0.15, -0.1) is 0 Å². The van der Waals surface area contributed by atoms with Gasteiger partial charge in [0.25, 0.3) is 15.6 Å². The molecule has 0 spiro atoms. The Kier molecular flexibility index (Phi) is 7.61. The number of rotatable bonds is 10. The molecule has 0 radical (unpaired) electrons. The molecular weight excluding hydrogens is 410 g/mol. The lowest BCUT2D eigenvalue weighted by atomic mass is 10.2. The summed E-state index contributed by atoms with van der Waals surface area (Å²) in [5.74, 6) is -0.303. The summed E-state index contributed by atoms with van der Waals surface area (Å²) >= 11 is 0. The summed E-state index contributed by atoms with van der Waals surface area (Å²) in [7, 11) is -3.94. The largest absolute Gasteiger partial charge is 0.384 e. The number of amides is 1. The van der Waals surface area contributed by atoms with Gasteiger partial charge in [0.05, 0.1) is 11.5 Å². The van der Waals surface area contributed by atoms with E-state index in [0.29, 0.717) is 5.69 Å². The molecule has 0 aliphatic heterocycles. The SMILES string of the molecule is C=C(N)NOCCNC(=O)Cn1c(C)ccc(NS(=O)(=O)c2ccc(C)cc2)c1=O. The van der Waals surface area contributed by atoms with Crippen molar-refractivity contribution in [2.75, 3.05) is 17.9 Å². The van der Waals surface area contributed by atoms with Gasteiger partial charge in [0.2, 0.25) is 5.91 Å². The number of aryl methyl sites for hydroxylation is 2. The molecule has 0 saturated heterocycles. The molecule has 0 aliphatic carbocycles. The second-order valence-corrected chi connectivity index (χ2v) is 8.21. The lowest BCUT2D eigenvalue weighted by Gasteiger charge is -2.14. The molecular formula is C19H25N5O5S. The normalized spacial score (nSPS) is 11.0. The highest BCUT2D eigenvalue weighted by Crippen LogP contribution is 2.14. The van der Waals surface area contributed by atoms with Gasteiger partial charge < -0.3 is 15.6 Å². The predicted octanol–water partition coefficient (Wildman–Crippen LogP) is 0.333. The molecule has 11 heteroatoms. The minimum Gasteiger partial charge on any atom is -0.384 e. The molecule has 0 unspecified atom stereocenters. The van der Waals surface area contributed by atoms with Crippen LogP contribution in [0.15, 0.2) is 58.5 Å². The van der Waals surface area contributed by atoms with E-state index in [4.69, 9.17) is 10.6 Å². The van der Waals surface area contributed by atoms with Gasteiger partial charge in [0.1, 0.15) is 18.1 Å². The van der Waals surface area contributed by atoms with E-state index in [0.717, 1.165) is 5.56 Å². The van der Waals surface area contributed by atoms with Crippen LogP contribution in [-0.2, 0) is 26.2 Å². The summed E-state index contributed by atoms with van der Waals surface area (Å²) in [5.41, 5.74) is 8.25. The minimum atomic E-state index is -3.94. The number of carbonyl (C=O) groups is 1. The zero-order valence-corrected chi connectivity index (χ0v) is 17.6. The number of anilines is 1. The van der Waals surface area contributed by atoms with Crippen LogP contribution in [0.2, 0.25) is 0 Å². The van der Waals surface area contributed by atoms with E-state index < -0.39 is 21.5 Å². The smallest absolute Gasteiger partial charge is 0.275 e. The number of hydrogen-bond acceptors (Lipinski definition) is 7. The first-order valence-electron chi connectivity index (χ1n) is 8.99. The van der Waals surface area contributed by atoms with Crippen LogP contribution >= 0.6 is 0 Å². The van der Waals surface area contributed by atoms with Crippen LogP contribution in [0.1, 0.15) is 11.3 Å². The summed E-state index contributed by atoms with van der Waals surface area (Å²) in [6.45, 7) is 6.90. The van der Waals surface area contributed by atoms with Crippen LogP contribution in [0.3, 0.4) is 0 Å². The van der Waals surface area contributed by atoms with Crippen LogP contribution < -0.4 is 26.8 Å². The summed E-state index contributed by atoms with van der Waals surface area (Å²) in [6.07, 6.45) is 0. The molecule has 0 bridgehead atoms. The van der Waals surface area contributed by atoms with Gasteiger partial charge in [-0.2, -0.15) is 0 Å². The molecule has 0 aliphatic rings. The molecule has 1 aromatic carbocycles. The molecule has 2 rings (SSSR count). The maximum atomic E-state index is 12.7. The minimum absolute atomic E-state index is 0.0335. The van der Waals surface area contributed by atoms with E-state index in [2.05, 4.69) is 22.1 Å². The van der Waals surface area contributed by atoms with Crippen molar-refractivity contribution in [3.63, 3.8) is 0 Å². The monoisotopic (exact) mass is 435 g/mol. The van der Waals surface area contributed by atoms with E-state index in [1.54, 1.807) is 25.1 Å². The van der Waals surface area contributed by atoms with E-state index >= 15 is 0 Å². The number of pyridine rings is 1. The average molecular weight is 436 g/mol. The molecule has 0 atom stereocenters. The van der Waals surface area contributed by atoms with Gasteiger partial charge in [-0.1, -0.05) is 24.3 Å². The van der Waals surface area contributed by atoms with Crippen molar-refractivity contribution in [3.05, 3.63) is 70.4 Å². The molecule has 162 valence electrons. The lowest BCUT2D eigenvalue weighted by Crippen LogP contribution is -2.36. The fraction of sp³-hybridized carbons (Fsp3) is 0.263. The number of nitrogens with zero attached hydrogens (tertiary/aromatic N) is 1. The van der Waals surface area contributed by atoms with Gasteiger partial charge in [-0.3, -0.25) is 24.6 Å². The van der Waals surface area contributed by atoms with E-state index in [1.807, 2.05) is 6.92 Å². The summed E-state index contributed by atoms with van der Waals surface area (Å²) in [6, 6.07) is 9.16. The van der Waals surface area contributed by atoms with Crippen molar-refractivity contribution in [3.8, 4) is 0 Å². The lowest BCUT2D eigenvalue weighted by molar-refractivity contribution is -0.122. The van der Waals surface area contributed by atoms with Crippen LogP contribution in [0.4, 0.5) is 5.69 Å². The van der Waals surface area contributed by atoms with Gasteiger partial charge in [0.15, 0.2) is 0 Å². The van der Waals surface area contributed by atoms with Crippen LogP contribution in [0.25, 0.3) is 0 Å². The number of aromatic nitrogens is 1. The summed E-state index contributed by atoms with van der Waals surface area (Å²) in [5, 5.41) is 2.59. The molecule has 1 amide bonds. The number of nitrogens with one attached hydrogen (secondary N) is 3. The number of sulfonamides is 1. The molecule has 10 nitrogen and oxygen atoms in total. The third-order valence-electron chi connectivity index (χ3n) is 4.00. The number of benzene rings is 1. The van der Waals surface area contributed by atoms with Crippen molar-refractivity contribution in [2.45, 2.75) is 25.3 Å². The van der Waals surface area contributed by atoms with Gasteiger partial charge in [0, 0.05) is 12.2 Å². The zero-order valence-electron chi connectivity index (χ0n) is 16.8. The first-order valence-corrected chi connectivity index (χ1v) is 10.5. The molecule has 0 saturated carbocycles. The number of hydroxylamine groups is 1. The highest BCUT2D eigenvalue weighted by molar-refractivity contribution is 7.92. The first-order chi connectivity index (χ1) is 14.1. The standard InChI is InChI=1S/C19H25N5O5S/c1-13-4-7-16(8-5-13)30(27,28)23-17-9-6-14(2)24(19(17)26)12-18(25)21-10-11-29-22-15(3)20/h4-9,22-23H,3,10-12,20H2,1-2H3,(H,21,25). The first kappa shape index (κ1) is 23.0. The van der Waals surface area contributed by atoms with Crippen molar-refractivity contribution >= 4 is 21.6 Å². The van der Waals surface area contributed by atoms with Gasteiger partial charge in [-0.05, 0) is 38.1 Å². The Balaban J connectivity index is 2.09. The van der Waals surface area contributed by atoms with Crippen molar-refractivity contribution in [2.24, 2.45) is 5.73 Å². The molecule has 30 heavy (non-hydrogen) atoms. The van der Waals surface area contributed by atoms with Crippen LogP contribution in [-0.4, -0.2) is 32.0 Å². The summed E-state index contributed by atoms with van der Waals surface area (Å²) < 4.78 is 28.6. The Morgan fingerprint density at radius 3 is 2.47 bits per heavy atom. The second kappa shape index (κ2) is 9.94. The van der Waals surface area contributed by atoms with Crippen molar-refractivity contribution in [1.82, 2.24) is 15.4 Å². The zero-order chi connectivity index (χ0) is 22.3.